The van der Waals surface area contributed by atoms with Crippen molar-refractivity contribution in [1.82, 2.24) is 0 Å². The van der Waals surface area contributed by atoms with Crippen molar-refractivity contribution in [2.45, 2.75) is 0 Å². The van der Waals surface area contributed by atoms with E-state index in [1.807, 2.05) is 0 Å². The van der Waals surface area contributed by atoms with E-state index in [-0.39, 0.29) is 0 Å². The maximum atomic E-state index is 5.06. The molecule has 0 aliphatic rings. The Kier molecular flexibility index (Phi) is 2.69. The summed E-state index contributed by atoms with van der Waals surface area (Å²) in [7, 11) is 25.3. The van der Waals surface area contributed by atoms with Crippen molar-refractivity contribution in [3.05, 3.63) is 0 Å². The minimum absolute atomic E-state index is 4.40. The molecule has 0 radical (unpaired) electrons. The Bertz CT molecular complexity index is 37.1. The fourth-order valence-corrected chi connectivity index (χ4v) is 0. The summed E-state index contributed by atoms with van der Waals surface area (Å²) < 4.78 is 0. The Balaban J connectivity index is 3.73. The first-order valence-corrected chi connectivity index (χ1v) is 16.8. The van der Waals surface area contributed by atoms with E-state index >= 15 is 0 Å². The van der Waals surface area contributed by atoms with Crippen LogP contribution in [0.15, 0.2) is 0 Å². The third kappa shape index (κ3) is 33.1. The Hall–Kier alpha value is 2.33. The average Bonchev–Trinajstić information content (AvgIpc) is 0.650. The van der Waals surface area contributed by atoms with E-state index in [9.17, 15) is 0 Å². The Morgan fingerprint density at radius 3 is 0.667 bits per heavy atom. The molecule has 0 spiro atoms. The van der Waals surface area contributed by atoms with Crippen LogP contribution in [0.4, 0.5) is 0 Å². The van der Waals surface area contributed by atoms with Gasteiger partial charge < -0.3 is 0 Å². The summed E-state index contributed by atoms with van der Waals surface area (Å²) in [6.07, 6.45) is 0. The molecule has 0 nitrogen and oxygen atoms in total. The molecule has 0 rings (SSSR count). The zero-order valence-electron chi connectivity index (χ0n) is 2.39. The number of hydrogen-bond donors (Lipinski definition) is 0. The van der Waals surface area contributed by atoms with Crippen molar-refractivity contribution >= 4 is 42.6 Å². The van der Waals surface area contributed by atoms with E-state index in [0.717, 1.165) is 0 Å². The standard InChI is InChI=1S/5ClH.Zr/h5*1H;/q;;;;;+5/p-5. The maximum absolute atomic E-state index is 5.06. The quantitative estimate of drug-likeness (QED) is 0.631. The molecule has 0 N–H and O–H groups in total. The van der Waals surface area contributed by atoms with Crippen LogP contribution in [0.3, 0.4) is 0 Å². The SMILES string of the molecule is [Cl][Zr]([Cl])([Cl])([Cl])[Cl]. The van der Waals surface area contributed by atoms with Crippen molar-refractivity contribution in [3.8, 4) is 0 Å². The van der Waals surface area contributed by atoms with Gasteiger partial charge in [0.2, 0.25) is 0 Å². The molecule has 0 heterocycles. The molecule has 0 saturated carbocycles. The minimum atomic E-state index is -4.40. The topological polar surface area (TPSA) is 0 Å². The second-order valence-electron chi connectivity index (χ2n) is 0.714. The predicted molar refractivity (Wildman–Crippen MR) is 29.3 cm³/mol. The van der Waals surface area contributed by atoms with E-state index in [4.69, 9.17) is 42.6 Å². The van der Waals surface area contributed by atoms with Crippen molar-refractivity contribution in [2.75, 3.05) is 0 Å². The Morgan fingerprint density at radius 2 is 0.667 bits per heavy atom. The van der Waals surface area contributed by atoms with E-state index < -0.39 is 12.8 Å². The summed E-state index contributed by atoms with van der Waals surface area (Å²) in [5.41, 5.74) is 0. The van der Waals surface area contributed by atoms with Crippen LogP contribution in [0.25, 0.3) is 0 Å². The molecule has 0 aliphatic heterocycles. The third-order valence-electron chi connectivity index (χ3n) is 0. The van der Waals surface area contributed by atoms with E-state index in [1.54, 1.807) is 0 Å². The van der Waals surface area contributed by atoms with Crippen LogP contribution >= 0.6 is 42.6 Å². The summed E-state index contributed by atoms with van der Waals surface area (Å²) in [6.45, 7) is 0. The Morgan fingerprint density at radius 1 is 0.667 bits per heavy atom. The van der Waals surface area contributed by atoms with Crippen molar-refractivity contribution in [1.29, 1.82) is 0 Å². The average molecular weight is 268 g/mol. The second-order valence-corrected chi connectivity index (χ2v) is 38.0. The summed E-state index contributed by atoms with van der Waals surface area (Å²) in [4.78, 5) is 0. The summed E-state index contributed by atoms with van der Waals surface area (Å²) in [6, 6.07) is 0. The fraction of sp³-hybridized carbons (Fsp3) is 0. The summed E-state index contributed by atoms with van der Waals surface area (Å²) in [5.74, 6) is 0. The molecule has 0 amide bonds. The van der Waals surface area contributed by atoms with E-state index in [0.29, 0.717) is 0 Å². The first-order valence-electron chi connectivity index (χ1n) is 0.945. The van der Waals surface area contributed by atoms with Gasteiger partial charge >= 0.3 is 55.4 Å². The molecule has 6 heteroatoms. The van der Waals surface area contributed by atoms with E-state index in [2.05, 4.69) is 0 Å². The van der Waals surface area contributed by atoms with Gasteiger partial charge in [-0.2, -0.15) is 0 Å². The summed E-state index contributed by atoms with van der Waals surface area (Å²) in [5, 5.41) is 0. The van der Waals surface area contributed by atoms with Crippen LogP contribution in [-0.2, 0) is 12.8 Å². The van der Waals surface area contributed by atoms with Gasteiger partial charge in [0.25, 0.3) is 0 Å². The predicted octanol–water partition coefficient (Wildman–Crippen LogP) is 3.44. The van der Waals surface area contributed by atoms with Crippen LogP contribution in [0.2, 0.25) is 0 Å². The molecule has 0 saturated heterocycles. The second kappa shape index (κ2) is 1.93. The number of hydrogen-bond acceptors (Lipinski definition) is 0. The van der Waals surface area contributed by atoms with Crippen molar-refractivity contribution < 1.29 is 12.8 Å². The van der Waals surface area contributed by atoms with E-state index in [1.165, 1.54) is 0 Å². The molecule has 0 aromatic heterocycles. The molecule has 0 aromatic rings. The van der Waals surface area contributed by atoms with Gasteiger partial charge in [-0.15, -0.1) is 0 Å². The van der Waals surface area contributed by atoms with Crippen LogP contribution in [0.1, 0.15) is 0 Å². The molecule has 0 atom stereocenters. The van der Waals surface area contributed by atoms with Gasteiger partial charge in [-0.05, 0) is 0 Å². The van der Waals surface area contributed by atoms with Gasteiger partial charge in [0.1, 0.15) is 0 Å². The van der Waals surface area contributed by atoms with Gasteiger partial charge in [-0.1, -0.05) is 0 Å². The van der Waals surface area contributed by atoms with Crippen LogP contribution in [0, 0.1) is 0 Å². The zero-order chi connectivity index (χ0) is 5.45. The van der Waals surface area contributed by atoms with Gasteiger partial charge in [-0.3, -0.25) is 0 Å². The summed E-state index contributed by atoms with van der Waals surface area (Å²) >= 11 is -4.40. The van der Waals surface area contributed by atoms with Crippen molar-refractivity contribution in [2.24, 2.45) is 0 Å². The molecule has 0 unspecified atom stereocenters. The van der Waals surface area contributed by atoms with Crippen molar-refractivity contribution in [3.63, 3.8) is 0 Å². The molecule has 0 aromatic carbocycles. The molecular formula is Cl5Zr. The molecule has 0 aliphatic carbocycles. The zero-order valence-corrected chi connectivity index (χ0v) is 8.63. The molecule has 39 valence electrons. The molecule has 6 heavy (non-hydrogen) atoms. The molecule has 0 bridgehead atoms. The van der Waals surface area contributed by atoms with Crippen LogP contribution < -0.4 is 0 Å². The van der Waals surface area contributed by atoms with Crippen LogP contribution in [-0.4, -0.2) is 0 Å². The molecule has 0 fully saturated rings. The normalized spacial score (nSPS) is 19.2. The van der Waals surface area contributed by atoms with Gasteiger partial charge in [-0.25, -0.2) is 0 Å². The monoisotopic (exact) mass is 265 g/mol. The number of halogens is 5. The van der Waals surface area contributed by atoms with Gasteiger partial charge in [0.15, 0.2) is 0 Å². The van der Waals surface area contributed by atoms with Crippen LogP contribution in [0.5, 0.6) is 0 Å². The third-order valence-corrected chi connectivity index (χ3v) is 0. The first kappa shape index (κ1) is 8.33. The molecular weight excluding hydrogens is 268 g/mol. The van der Waals surface area contributed by atoms with Gasteiger partial charge in [0, 0.05) is 0 Å². The Labute approximate surface area is 54.5 Å². The fourth-order valence-electron chi connectivity index (χ4n) is 0. The van der Waals surface area contributed by atoms with Gasteiger partial charge in [0.05, 0.1) is 0 Å². The number of rotatable bonds is 0. The first-order chi connectivity index (χ1) is 2.24.